The van der Waals surface area contributed by atoms with Gasteiger partial charge in [-0.25, -0.2) is 0 Å². The lowest BCUT2D eigenvalue weighted by molar-refractivity contribution is -0.128. The van der Waals surface area contributed by atoms with Crippen LogP contribution < -0.4 is 15.8 Å². The van der Waals surface area contributed by atoms with E-state index in [1.165, 1.54) is 0 Å². The summed E-state index contributed by atoms with van der Waals surface area (Å²) in [5, 5.41) is 3.46. The number of nitrogens with one attached hydrogen (secondary N) is 1. The maximum Gasteiger partial charge on any atom is 0.261 e. The number of hydrogen-bond donors (Lipinski definition) is 2. The van der Waals surface area contributed by atoms with Crippen molar-refractivity contribution < 1.29 is 9.53 Å². The molecular weight excluding hydrogens is 264 g/mol. The number of amides is 1. The molecule has 1 aromatic rings. The molecule has 106 valence electrons. The SMILES string of the molecule is CCCC(CN)NC(=O)C(C)Oc1cccc(Cl)c1. The van der Waals surface area contributed by atoms with E-state index in [9.17, 15) is 4.79 Å². The van der Waals surface area contributed by atoms with Gasteiger partial charge in [-0.05, 0) is 31.5 Å². The molecule has 4 nitrogen and oxygen atoms in total. The van der Waals surface area contributed by atoms with Crippen molar-refractivity contribution in [1.29, 1.82) is 0 Å². The summed E-state index contributed by atoms with van der Waals surface area (Å²) in [7, 11) is 0. The molecule has 0 bridgehead atoms. The first kappa shape index (κ1) is 15.8. The van der Waals surface area contributed by atoms with E-state index in [0.717, 1.165) is 12.8 Å². The van der Waals surface area contributed by atoms with Gasteiger partial charge in [-0.1, -0.05) is 31.0 Å². The van der Waals surface area contributed by atoms with Crippen LogP contribution in [-0.4, -0.2) is 24.6 Å². The Kier molecular flexibility index (Phi) is 6.67. The van der Waals surface area contributed by atoms with Crippen LogP contribution in [0.15, 0.2) is 24.3 Å². The minimum absolute atomic E-state index is 0.00270. The highest BCUT2D eigenvalue weighted by Gasteiger charge is 2.17. The van der Waals surface area contributed by atoms with Crippen LogP contribution in [0.2, 0.25) is 5.02 Å². The summed E-state index contributed by atoms with van der Waals surface area (Å²) in [6, 6.07) is 6.98. The number of benzene rings is 1. The normalized spacial score (nSPS) is 13.7. The Balaban J connectivity index is 2.52. The molecule has 3 N–H and O–H groups in total. The summed E-state index contributed by atoms with van der Waals surface area (Å²) in [4.78, 5) is 12.0. The van der Waals surface area contributed by atoms with Gasteiger partial charge in [0.2, 0.25) is 0 Å². The lowest BCUT2D eigenvalue weighted by Gasteiger charge is -2.20. The van der Waals surface area contributed by atoms with Crippen LogP contribution in [0, 0.1) is 0 Å². The Morgan fingerprint density at radius 1 is 1.53 bits per heavy atom. The summed E-state index contributed by atoms with van der Waals surface area (Å²) >= 11 is 5.86. The van der Waals surface area contributed by atoms with Gasteiger partial charge < -0.3 is 15.8 Å². The molecule has 0 spiro atoms. The largest absolute Gasteiger partial charge is 0.481 e. The summed E-state index contributed by atoms with van der Waals surface area (Å²) in [5.41, 5.74) is 5.61. The lowest BCUT2D eigenvalue weighted by atomic mass is 10.1. The molecule has 2 unspecified atom stereocenters. The standard InChI is InChI=1S/C14H21ClN2O2/c1-3-5-12(9-16)17-14(18)10(2)19-13-7-4-6-11(15)8-13/h4,6-8,10,12H,3,5,9,16H2,1-2H3,(H,17,18). The fourth-order valence-corrected chi connectivity index (χ4v) is 1.89. The lowest BCUT2D eigenvalue weighted by Crippen LogP contribution is -2.45. The van der Waals surface area contributed by atoms with Gasteiger partial charge in [0.1, 0.15) is 5.75 Å². The highest BCUT2D eigenvalue weighted by atomic mass is 35.5. The van der Waals surface area contributed by atoms with E-state index in [1.54, 1.807) is 31.2 Å². The van der Waals surface area contributed by atoms with Crippen LogP contribution in [0.4, 0.5) is 0 Å². The third-order valence-corrected chi connectivity index (χ3v) is 2.98. The summed E-state index contributed by atoms with van der Waals surface area (Å²) in [6.45, 7) is 4.19. The van der Waals surface area contributed by atoms with E-state index in [4.69, 9.17) is 22.1 Å². The van der Waals surface area contributed by atoms with Gasteiger partial charge in [0.25, 0.3) is 5.91 Å². The second kappa shape index (κ2) is 8.02. The topological polar surface area (TPSA) is 64.3 Å². The first-order valence-corrected chi connectivity index (χ1v) is 6.87. The minimum Gasteiger partial charge on any atom is -0.481 e. The minimum atomic E-state index is -0.579. The van der Waals surface area contributed by atoms with Crippen molar-refractivity contribution in [2.24, 2.45) is 5.73 Å². The molecule has 19 heavy (non-hydrogen) atoms. The van der Waals surface area contributed by atoms with Crippen LogP contribution in [-0.2, 0) is 4.79 Å². The fraction of sp³-hybridized carbons (Fsp3) is 0.500. The maximum atomic E-state index is 12.0. The third-order valence-electron chi connectivity index (χ3n) is 2.75. The molecule has 0 saturated heterocycles. The van der Waals surface area contributed by atoms with Crippen molar-refractivity contribution in [1.82, 2.24) is 5.32 Å². The monoisotopic (exact) mass is 284 g/mol. The van der Waals surface area contributed by atoms with Crippen LogP contribution >= 0.6 is 11.6 Å². The number of carbonyl (C=O) groups excluding carboxylic acids is 1. The van der Waals surface area contributed by atoms with E-state index in [0.29, 0.717) is 17.3 Å². The second-order valence-corrected chi connectivity index (χ2v) is 4.88. The van der Waals surface area contributed by atoms with Crippen molar-refractivity contribution >= 4 is 17.5 Å². The molecule has 0 aliphatic heterocycles. The zero-order valence-corrected chi connectivity index (χ0v) is 12.1. The Hall–Kier alpha value is -1.26. The second-order valence-electron chi connectivity index (χ2n) is 4.45. The van der Waals surface area contributed by atoms with Crippen LogP contribution in [0.25, 0.3) is 0 Å². The first-order chi connectivity index (χ1) is 9.06. The van der Waals surface area contributed by atoms with Gasteiger partial charge in [0.05, 0.1) is 0 Å². The average Bonchev–Trinajstić information content (AvgIpc) is 2.38. The molecule has 0 heterocycles. The molecule has 0 aromatic heterocycles. The van der Waals surface area contributed by atoms with E-state index in [1.807, 2.05) is 0 Å². The van der Waals surface area contributed by atoms with Gasteiger partial charge >= 0.3 is 0 Å². The van der Waals surface area contributed by atoms with Gasteiger partial charge in [-0.15, -0.1) is 0 Å². The van der Waals surface area contributed by atoms with Crippen molar-refractivity contribution in [3.05, 3.63) is 29.3 Å². The molecule has 0 aliphatic rings. The smallest absolute Gasteiger partial charge is 0.261 e. The molecule has 5 heteroatoms. The zero-order chi connectivity index (χ0) is 14.3. The molecule has 1 amide bonds. The molecule has 0 aliphatic carbocycles. The molecular formula is C14H21ClN2O2. The number of hydrogen-bond acceptors (Lipinski definition) is 3. The predicted octanol–water partition coefficient (Wildman–Crippen LogP) is 2.35. The summed E-state index contributed by atoms with van der Waals surface area (Å²) in [6.07, 6.45) is 1.27. The van der Waals surface area contributed by atoms with Gasteiger partial charge in [0.15, 0.2) is 6.10 Å². The summed E-state index contributed by atoms with van der Waals surface area (Å²) in [5.74, 6) is 0.416. The van der Waals surface area contributed by atoms with E-state index in [-0.39, 0.29) is 11.9 Å². The van der Waals surface area contributed by atoms with E-state index < -0.39 is 6.10 Å². The first-order valence-electron chi connectivity index (χ1n) is 6.49. The average molecular weight is 285 g/mol. The van der Waals surface area contributed by atoms with Gasteiger partial charge in [0, 0.05) is 17.6 Å². The van der Waals surface area contributed by atoms with Gasteiger partial charge in [-0.2, -0.15) is 0 Å². The number of halogens is 1. The van der Waals surface area contributed by atoms with Crippen molar-refractivity contribution in [3.8, 4) is 5.75 Å². The van der Waals surface area contributed by atoms with Crippen LogP contribution in [0.1, 0.15) is 26.7 Å². The van der Waals surface area contributed by atoms with E-state index >= 15 is 0 Å². The van der Waals surface area contributed by atoms with Crippen LogP contribution in [0.3, 0.4) is 0 Å². The highest BCUT2D eigenvalue weighted by molar-refractivity contribution is 6.30. The van der Waals surface area contributed by atoms with E-state index in [2.05, 4.69) is 12.2 Å². The number of nitrogens with two attached hydrogens (primary N) is 1. The Morgan fingerprint density at radius 3 is 2.84 bits per heavy atom. The molecule has 1 rings (SSSR count). The number of carbonyl (C=O) groups is 1. The number of rotatable bonds is 7. The highest BCUT2D eigenvalue weighted by Crippen LogP contribution is 2.18. The van der Waals surface area contributed by atoms with Crippen LogP contribution in [0.5, 0.6) is 5.75 Å². The zero-order valence-electron chi connectivity index (χ0n) is 11.4. The van der Waals surface area contributed by atoms with Crippen molar-refractivity contribution in [2.75, 3.05) is 6.54 Å². The predicted molar refractivity (Wildman–Crippen MR) is 77.4 cm³/mol. The Bertz CT molecular complexity index is 412. The third kappa shape index (κ3) is 5.49. The molecule has 0 fully saturated rings. The molecule has 1 aromatic carbocycles. The summed E-state index contributed by atoms with van der Waals surface area (Å²) < 4.78 is 5.54. The quantitative estimate of drug-likeness (QED) is 0.808. The Morgan fingerprint density at radius 2 is 2.26 bits per heavy atom. The molecule has 2 atom stereocenters. The maximum absolute atomic E-state index is 12.0. The fourth-order valence-electron chi connectivity index (χ4n) is 1.71. The molecule has 0 saturated carbocycles. The van der Waals surface area contributed by atoms with Gasteiger partial charge in [-0.3, -0.25) is 4.79 Å². The van der Waals surface area contributed by atoms with Crippen molar-refractivity contribution in [2.45, 2.75) is 38.8 Å². The Labute approximate surface area is 119 Å². The molecule has 0 radical (unpaired) electrons. The number of ether oxygens (including phenoxy) is 1. The van der Waals surface area contributed by atoms with Crippen molar-refractivity contribution in [3.63, 3.8) is 0 Å².